The number of aromatic nitrogens is 1. The van der Waals surface area contributed by atoms with E-state index in [2.05, 4.69) is 16.9 Å². The predicted octanol–water partition coefficient (Wildman–Crippen LogP) is 2.01. The number of likely N-dealkylation sites (N-methyl/N-ethyl adjacent to an activating group) is 1. The van der Waals surface area contributed by atoms with E-state index in [4.69, 9.17) is 4.74 Å². The van der Waals surface area contributed by atoms with E-state index in [1.165, 1.54) is 25.8 Å². The molecule has 0 N–H and O–H groups in total. The molecule has 1 aliphatic rings. The van der Waals surface area contributed by atoms with E-state index < -0.39 is 0 Å². The molecule has 1 aromatic heterocycles. The Morgan fingerprint density at radius 1 is 1.64 bits per heavy atom. The molecule has 1 aromatic rings. The van der Waals surface area contributed by atoms with Crippen molar-refractivity contribution in [1.82, 2.24) is 9.88 Å². The molecular formula is C10H16N2OS. The van der Waals surface area contributed by atoms with Crippen molar-refractivity contribution in [2.24, 2.45) is 0 Å². The number of hydrogen-bond acceptors (Lipinski definition) is 4. The molecule has 1 saturated heterocycles. The molecule has 1 fully saturated rings. The molecule has 1 aliphatic heterocycles. The molecule has 0 aliphatic carbocycles. The highest BCUT2D eigenvalue weighted by Gasteiger charge is 2.19. The standard InChI is InChI=1S/C10H16N2OS/c1-12-6-3-2-4-9(12)8-13-10-11-5-7-14-10/h5,7,9H,2-4,6,8H2,1H3/t9-/m1/s1. The van der Waals surface area contributed by atoms with Crippen molar-refractivity contribution >= 4 is 11.3 Å². The average molecular weight is 212 g/mol. The first-order chi connectivity index (χ1) is 6.86. The van der Waals surface area contributed by atoms with Gasteiger partial charge in [0.15, 0.2) is 0 Å². The van der Waals surface area contributed by atoms with Crippen molar-refractivity contribution in [3.63, 3.8) is 0 Å². The Bertz CT molecular complexity index is 263. The number of nitrogens with zero attached hydrogens (tertiary/aromatic N) is 2. The highest BCUT2D eigenvalue weighted by atomic mass is 32.1. The molecule has 3 nitrogen and oxygen atoms in total. The first-order valence-corrected chi connectivity index (χ1v) is 5.97. The number of rotatable bonds is 3. The van der Waals surface area contributed by atoms with Crippen LogP contribution < -0.4 is 4.74 Å². The van der Waals surface area contributed by atoms with Gasteiger partial charge in [-0.15, -0.1) is 0 Å². The summed E-state index contributed by atoms with van der Waals surface area (Å²) >= 11 is 1.56. The van der Waals surface area contributed by atoms with Crippen molar-refractivity contribution in [2.45, 2.75) is 25.3 Å². The first-order valence-electron chi connectivity index (χ1n) is 5.09. The highest BCUT2D eigenvalue weighted by molar-refractivity contribution is 7.11. The number of ether oxygens (including phenoxy) is 1. The van der Waals surface area contributed by atoms with E-state index in [0.717, 1.165) is 11.8 Å². The van der Waals surface area contributed by atoms with Crippen LogP contribution in [-0.2, 0) is 0 Å². The van der Waals surface area contributed by atoms with Gasteiger partial charge in [-0.1, -0.05) is 17.8 Å². The van der Waals surface area contributed by atoms with Gasteiger partial charge in [-0.3, -0.25) is 0 Å². The molecule has 0 aromatic carbocycles. The third kappa shape index (κ3) is 2.45. The average Bonchev–Trinajstić information content (AvgIpc) is 2.69. The summed E-state index contributed by atoms with van der Waals surface area (Å²) < 4.78 is 5.62. The summed E-state index contributed by atoms with van der Waals surface area (Å²) in [5.74, 6) is 0. The zero-order chi connectivity index (χ0) is 9.80. The molecule has 0 bridgehead atoms. The number of hydrogen-bond donors (Lipinski definition) is 0. The number of likely N-dealkylation sites (tertiary alicyclic amines) is 1. The minimum atomic E-state index is 0.577. The molecule has 0 radical (unpaired) electrons. The molecule has 0 saturated carbocycles. The van der Waals surface area contributed by atoms with E-state index in [1.54, 1.807) is 17.5 Å². The van der Waals surface area contributed by atoms with Crippen LogP contribution >= 0.6 is 11.3 Å². The van der Waals surface area contributed by atoms with Crippen molar-refractivity contribution in [3.8, 4) is 5.19 Å². The molecule has 78 valence electrons. The van der Waals surface area contributed by atoms with Crippen molar-refractivity contribution < 1.29 is 4.74 Å². The van der Waals surface area contributed by atoms with Crippen LogP contribution in [-0.4, -0.2) is 36.1 Å². The molecule has 2 rings (SSSR count). The van der Waals surface area contributed by atoms with Crippen LogP contribution in [0.5, 0.6) is 5.19 Å². The molecule has 0 unspecified atom stereocenters. The van der Waals surface area contributed by atoms with Gasteiger partial charge in [0.25, 0.3) is 5.19 Å². The van der Waals surface area contributed by atoms with E-state index in [1.807, 2.05) is 5.38 Å². The maximum absolute atomic E-state index is 5.62. The van der Waals surface area contributed by atoms with Gasteiger partial charge in [-0.05, 0) is 26.4 Å². The summed E-state index contributed by atoms with van der Waals surface area (Å²) in [5.41, 5.74) is 0. The fraction of sp³-hybridized carbons (Fsp3) is 0.700. The lowest BCUT2D eigenvalue weighted by atomic mass is 10.0. The van der Waals surface area contributed by atoms with Gasteiger partial charge in [0.2, 0.25) is 0 Å². The molecule has 0 amide bonds. The summed E-state index contributed by atoms with van der Waals surface area (Å²) in [6.45, 7) is 1.98. The lowest BCUT2D eigenvalue weighted by molar-refractivity contribution is 0.125. The quantitative estimate of drug-likeness (QED) is 0.766. The summed E-state index contributed by atoms with van der Waals surface area (Å²) in [6, 6.07) is 0.577. The molecule has 0 spiro atoms. The minimum Gasteiger partial charge on any atom is -0.468 e. The minimum absolute atomic E-state index is 0.577. The third-order valence-electron chi connectivity index (χ3n) is 2.73. The third-order valence-corrected chi connectivity index (χ3v) is 3.41. The maximum atomic E-state index is 5.62. The van der Waals surface area contributed by atoms with Crippen LogP contribution in [0.15, 0.2) is 11.6 Å². The molecular weight excluding hydrogens is 196 g/mol. The van der Waals surface area contributed by atoms with Gasteiger partial charge in [0.05, 0.1) is 0 Å². The van der Waals surface area contributed by atoms with E-state index in [-0.39, 0.29) is 0 Å². The van der Waals surface area contributed by atoms with Gasteiger partial charge < -0.3 is 9.64 Å². The van der Waals surface area contributed by atoms with Gasteiger partial charge in [0, 0.05) is 17.6 Å². The number of thiazole rings is 1. The summed E-state index contributed by atoms with van der Waals surface area (Å²) in [5, 5.41) is 2.74. The van der Waals surface area contributed by atoms with E-state index in [0.29, 0.717) is 6.04 Å². The van der Waals surface area contributed by atoms with Crippen molar-refractivity contribution in [3.05, 3.63) is 11.6 Å². The lowest BCUT2D eigenvalue weighted by Crippen LogP contribution is -2.40. The second-order valence-electron chi connectivity index (χ2n) is 3.74. The fourth-order valence-corrected chi connectivity index (χ4v) is 2.30. The van der Waals surface area contributed by atoms with Crippen molar-refractivity contribution in [1.29, 1.82) is 0 Å². The second kappa shape index (κ2) is 4.75. The maximum Gasteiger partial charge on any atom is 0.273 e. The van der Waals surface area contributed by atoms with E-state index >= 15 is 0 Å². The molecule has 1 atom stereocenters. The van der Waals surface area contributed by atoms with Crippen LogP contribution in [0.2, 0.25) is 0 Å². The van der Waals surface area contributed by atoms with Crippen LogP contribution in [0, 0.1) is 0 Å². The van der Waals surface area contributed by atoms with E-state index in [9.17, 15) is 0 Å². The second-order valence-corrected chi connectivity index (χ2v) is 4.60. The molecule has 2 heterocycles. The smallest absolute Gasteiger partial charge is 0.273 e. The van der Waals surface area contributed by atoms with Gasteiger partial charge in [-0.2, -0.15) is 0 Å². The zero-order valence-electron chi connectivity index (χ0n) is 8.48. The molecule has 14 heavy (non-hydrogen) atoms. The SMILES string of the molecule is CN1CCCC[C@@H]1COc1nccs1. The largest absolute Gasteiger partial charge is 0.468 e. The van der Waals surface area contributed by atoms with Crippen molar-refractivity contribution in [2.75, 3.05) is 20.2 Å². The molecule has 4 heteroatoms. The first kappa shape index (κ1) is 9.93. The van der Waals surface area contributed by atoms with Crippen LogP contribution in [0.1, 0.15) is 19.3 Å². The Morgan fingerprint density at radius 3 is 3.29 bits per heavy atom. The monoisotopic (exact) mass is 212 g/mol. The fourth-order valence-electron chi connectivity index (χ4n) is 1.80. The normalized spacial score (nSPS) is 23.6. The van der Waals surface area contributed by atoms with Crippen LogP contribution in [0.3, 0.4) is 0 Å². The van der Waals surface area contributed by atoms with Gasteiger partial charge in [-0.25, -0.2) is 4.98 Å². The lowest BCUT2D eigenvalue weighted by Gasteiger charge is -2.31. The van der Waals surface area contributed by atoms with Gasteiger partial charge >= 0.3 is 0 Å². The Morgan fingerprint density at radius 2 is 2.57 bits per heavy atom. The predicted molar refractivity (Wildman–Crippen MR) is 57.9 cm³/mol. The topological polar surface area (TPSA) is 25.4 Å². The Labute approximate surface area is 88.7 Å². The van der Waals surface area contributed by atoms with Gasteiger partial charge in [0.1, 0.15) is 6.61 Å². The zero-order valence-corrected chi connectivity index (χ0v) is 9.30. The van der Waals surface area contributed by atoms with Crippen LogP contribution in [0.25, 0.3) is 0 Å². The summed E-state index contributed by atoms with van der Waals surface area (Å²) in [7, 11) is 2.18. The Kier molecular flexibility index (Phi) is 3.37. The van der Waals surface area contributed by atoms with Crippen LogP contribution in [0.4, 0.5) is 0 Å². The summed E-state index contributed by atoms with van der Waals surface area (Å²) in [6.07, 6.45) is 5.69. The number of piperidine rings is 1. The highest BCUT2D eigenvalue weighted by Crippen LogP contribution is 2.18. The summed E-state index contributed by atoms with van der Waals surface area (Å²) in [4.78, 5) is 6.49. The Balaban J connectivity index is 1.79. The Hall–Kier alpha value is -0.610.